The van der Waals surface area contributed by atoms with Crippen molar-refractivity contribution in [3.63, 3.8) is 0 Å². The van der Waals surface area contributed by atoms with E-state index in [1.165, 1.54) is 24.3 Å². The third-order valence-electron chi connectivity index (χ3n) is 5.37. The quantitative estimate of drug-likeness (QED) is 0.174. The minimum absolute atomic E-state index is 0.0539. The van der Waals surface area contributed by atoms with Crippen molar-refractivity contribution < 1.29 is 68.1 Å². The number of carbonyl (C=O) groups excluding carboxylic acids is 2. The van der Waals surface area contributed by atoms with Crippen LogP contribution in [0.5, 0.6) is 17.2 Å². The van der Waals surface area contributed by atoms with E-state index in [-0.39, 0.29) is 11.1 Å². The third-order valence-corrected chi connectivity index (χ3v) is 5.37. The maximum absolute atomic E-state index is 15.0. The van der Waals surface area contributed by atoms with Gasteiger partial charge in [-0.1, -0.05) is 6.07 Å². The number of phenols is 1. The van der Waals surface area contributed by atoms with Gasteiger partial charge in [-0.25, -0.2) is 13.6 Å². The molecular formula is C25H12F10N2O5. The van der Waals surface area contributed by atoms with Crippen LogP contribution in [0.2, 0.25) is 0 Å². The molecular weight excluding hydrogens is 598 g/mol. The number of hydrogen-bond acceptors (Lipinski definition) is 6. The average Bonchev–Trinajstić information content (AvgIpc) is 2.89. The number of carbonyl (C=O) groups is 2. The molecule has 0 saturated carbocycles. The Balaban J connectivity index is 1.99. The number of aromatic hydroxyl groups is 1. The largest absolute Gasteiger partial charge is 0.504 e. The Hall–Kier alpha value is -5.01. The third kappa shape index (κ3) is 6.16. The summed E-state index contributed by atoms with van der Waals surface area (Å²) in [5.74, 6) is -9.63. The number of esters is 1. The average molecular weight is 610 g/mol. The van der Waals surface area contributed by atoms with E-state index in [1.807, 2.05) is 0 Å². The number of benzene rings is 3. The second-order valence-electron chi connectivity index (χ2n) is 8.06. The van der Waals surface area contributed by atoms with Crippen molar-refractivity contribution in [1.29, 1.82) is 5.26 Å². The molecule has 0 aliphatic carbocycles. The van der Waals surface area contributed by atoms with Gasteiger partial charge < -0.3 is 19.9 Å². The summed E-state index contributed by atoms with van der Waals surface area (Å²) in [5, 5.41) is 20.9. The molecule has 0 fully saturated rings. The lowest BCUT2D eigenvalue weighted by Gasteiger charge is -2.30. The predicted octanol–water partition coefficient (Wildman–Crippen LogP) is 6.77. The molecule has 2 N–H and O–H groups in total. The maximum atomic E-state index is 15.0. The highest BCUT2D eigenvalue weighted by Gasteiger charge is 2.73. The maximum Gasteiger partial charge on any atom is 0.435 e. The number of nitrogens with zero attached hydrogens (tertiary/aromatic N) is 1. The molecule has 0 aliphatic heterocycles. The molecule has 3 aromatic carbocycles. The van der Waals surface area contributed by atoms with Crippen LogP contribution in [0.4, 0.5) is 49.6 Å². The van der Waals surface area contributed by atoms with Crippen molar-refractivity contribution in [3.05, 3.63) is 82.7 Å². The molecule has 0 unspecified atom stereocenters. The molecule has 1 amide bonds. The fourth-order valence-electron chi connectivity index (χ4n) is 3.39. The van der Waals surface area contributed by atoms with Gasteiger partial charge in [0.25, 0.3) is 5.91 Å². The van der Waals surface area contributed by atoms with E-state index < -0.39 is 88.5 Å². The number of rotatable bonds is 7. The van der Waals surface area contributed by atoms with E-state index >= 15 is 4.39 Å². The fourth-order valence-corrected chi connectivity index (χ4v) is 3.39. The molecule has 3 aromatic rings. The molecule has 7 nitrogen and oxygen atoms in total. The Morgan fingerprint density at radius 1 is 0.929 bits per heavy atom. The first-order chi connectivity index (χ1) is 19.4. The van der Waals surface area contributed by atoms with E-state index in [0.717, 1.165) is 12.1 Å². The molecule has 3 rings (SSSR count). The minimum atomic E-state index is -6.70. The first-order valence-corrected chi connectivity index (χ1v) is 10.9. The molecule has 0 spiro atoms. The van der Waals surface area contributed by atoms with Gasteiger partial charge in [-0.05, 0) is 48.5 Å². The van der Waals surface area contributed by atoms with Crippen LogP contribution >= 0.6 is 0 Å². The minimum Gasteiger partial charge on any atom is -0.504 e. The van der Waals surface area contributed by atoms with Gasteiger partial charge in [-0.3, -0.25) is 4.79 Å². The first-order valence-electron chi connectivity index (χ1n) is 10.9. The Morgan fingerprint density at radius 3 is 2.05 bits per heavy atom. The van der Waals surface area contributed by atoms with E-state index in [2.05, 4.69) is 14.8 Å². The lowest BCUT2D eigenvalue weighted by molar-refractivity contribution is -0.348. The molecule has 0 aromatic heterocycles. The zero-order valence-corrected chi connectivity index (χ0v) is 20.1. The zero-order valence-electron chi connectivity index (χ0n) is 20.1. The molecule has 0 bridgehead atoms. The molecule has 222 valence electrons. The predicted molar refractivity (Wildman–Crippen MR) is 120 cm³/mol. The molecule has 0 radical (unpaired) electrons. The summed E-state index contributed by atoms with van der Waals surface area (Å²) >= 11 is 0. The summed E-state index contributed by atoms with van der Waals surface area (Å²) in [6.07, 6.45) is -13.4. The van der Waals surface area contributed by atoms with Crippen molar-refractivity contribution >= 4 is 17.6 Å². The highest BCUT2D eigenvalue weighted by Crippen LogP contribution is 2.55. The van der Waals surface area contributed by atoms with Gasteiger partial charge in [0.15, 0.2) is 17.3 Å². The van der Waals surface area contributed by atoms with Crippen LogP contribution in [0, 0.1) is 17.1 Å². The lowest BCUT2D eigenvalue weighted by Crippen LogP contribution is -2.50. The van der Waals surface area contributed by atoms with Crippen molar-refractivity contribution in [2.45, 2.75) is 24.6 Å². The summed E-state index contributed by atoms with van der Waals surface area (Å²) in [6.45, 7) is -4.00. The molecule has 0 atom stereocenters. The topological polar surface area (TPSA) is 109 Å². The van der Waals surface area contributed by atoms with Gasteiger partial charge in [-0.15, -0.1) is 0 Å². The number of ether oxygens (including phenoxy) is 2. The van der Waals surface area contributed by atoms with Gasteiger partial charge in [0.05, 0.1) is 22.9 Å². The number of nitriles is 1. The van der Waals surface area contributed by atoms with E-state index in [4.69, 9.17) is 5.26 Å². The summed E-state index contributed by atoms with van der Waals surface area (Å²) in [4.78, 5) is 25.0. The standard InChI is InChI=1S/C25H12F10N2O5/c26-18-14(2-1-3-15(18)37-20(39)12-6-4-11(10-36)5-7-12)21(40)42-19-16(38)8-13(9-17(19)41-22(27)28)23(29,24(30,31)32)25(33,34)35/h1-9,22,38H,(H,37,39). The van der Waals surface area contributed by atoms with E-state index in [1.54, 1.807) is 6.07 Å². The number of halogens is 10. The fraction of sp³-hybridized carbons (Fsp3) is 0.160. The lowest BCUT2D eigenvalue weighted by atomic mass is 9.93. The van der Waals surface area contributed by atoms with Crippen LogP contribution in [0.1, 0.15) is 31.8 Å². The molecule has 0 aliphatic rings. The Morgan fingerprint density at radius 2 is 1.52 bits per heavy atom. The van der Waals surface area contributed by atoms with Gasteiger partial charge in [0, 0.05) is 11.1 Å². The summed E-state index contributed by atoms with van der Waals surface area (Å²) in [6, 6.07) is 8.41. The van der Waals surface area contributed by atoms with E-state index in [9.17, 15) is 54.2 Å². The monoisotopic (exact) mass is 610 g/mol. The highest BCUT2D eigenvalue weighted by atomic mass is 19.4. The van der Waals surface area contributed by atoms with Gasteiger partial charge in [0.2, 0.25) is 5.75 Å². The molecule has 0 saturated heterocycles. The van der Waals surface area contributed by atoms with Crippen molar-refractivity contribution in [2.24, 2.45) is 0 Å². The molecule has 17 heteroatoms. The summed E-state index contributed by atoms with van der Waals surface area (Å²) in [5.41, 5.74) is -10.2. The number of amides is 1. The van der Waals surface area contributed by atoms with Crippen LogP contribution in [0.3, 0.4) is 0 Å². The second kappa shape index (κ2) is 11.5. The van der Waals surface area contributed by atoms with Crippen molar-refractivity contribution in [1.82, 2.24) is 0 Å². The number of alkyl halides is 9. The SMILES string of the molecule is N#Cc1ccc(C(=O)Nc2cccc(C(=O)Oc3c(O)cc(C(F)(C(F)(F)F)C(F)(F)F)cc3OC(F)F)c2F)cc1. The number of nitrogens with one attached hydrogen (secondary N) is 1. The molecule has 42 heavy (non-hydrogen) atoms. The van der Waals surface area contributed by atoms with Gasteiger partial charge >= 0.3 is 30.6 Å². The van der Waals surface area contributed by atoms with Crippen LogP contribution in [-0.4, -0.2) is 35.9 Å². The number of anilines is 1. The van der Waals surface area contributed by atoms with Crippen LogP contribution in [-0.2, 0) is 5.67 Å². The molecule has 0 heterocycles. The highest BCUT2D eigenvalue weighted by molar-refractivity contribution is 6.05. The summed E-state index contributed by atoms with van der Waals surface area (Å²) in [7, 11) is 0. The summed E-state index contributed by atoms with van der Waals surface area (Å²) < 4.78 is 142. The van der Waals surface area contributed by atoms with Gasteiger partial charge in [-0.2, -0.15) is 40.4 Å². The van der Waals surface area contributed by atoms with E-state index in [0.29, 0.717) is 6.07 Å². The Bertz CT molecular complexity index is 1530. The van der Waals surface area contributed by atoms with Gasteiger partial charge in [0.1, 0.15) is 0 Å². The van der Waals surface area contributed by atoms with Crippen molar-refractivity contribution in [3.8, 4) is 23.3 Å². The Kier molecular flexibility index (Phi) is 8.60. The second-order valence-corrected chi connectivity index (χ2v) is 8.06. The zero-order chi connectivity index (χ0) is 31.6. The van der Waals surface area contributed by atoms with Crippen LogP contribution in [0.25, 0.3) is 0 Å². The Labute approximate surface area is 227 Å². The van der Waals surface area contributed by atoms with Crippen LogP contribution < -0.4 is 14.8 Å². The number of hydrogen-bond donors (Lipinski definition) is 2. The smallest absolute Gasteiger partial charge is 0.435 e. The van der Waals surface area contributed by atoms with Crippen molar-refractivity contribution in [2.75, 3.05) is 5.32 Å². The van der Waals surface area contributed by atoms with Crippen LogP contribution in [0.15, 0.2) is 54.6 Å². The number of phenolic OH excluding ortho intramolecular Hbond substituents is 1. The normalized spacial score (nSPS) is 12.0. The first kappa shape index (κ1) is 31.5.